The lowest BCUT2D eigenvalue weighted by Crippen LogP contribution is -2.28. The van der Waals surface area contributed by atoms with E-state index in [9.17, 15) is 22.9 Å². The molecule has 0 aliphatic rings. The molecule has 0 saturated heterocycles. The van der Waals surface area contributed by atoms with Crippen LogP contribution in [0.3, 0.4) is 0 Å². The number of halogens is 4. The van der Waals surface area contributed by atoms with Crippen molar-refractivity contribution in [3.8, 4) is 5.75 Å². The van der Waals surface area contributed by atoms with E-state index in [1.54, 1.807) is 6.92 Å². The van der Waals surface area contributed by atoms with Gasteiger partial charge in [0.05, 0.1) is 22.0 Å². The Bertz CT molecular complexity index is 829. The predicted molar refractivity (Wildman–Crippen MR) is 90.2 cm³/mol. The van der Waals surface area contributed by atoms with Gasteiger partial charge in [-0.1, -0.05) is 17.7 Å². The Hall–Kier alpha value is -2.94. The molecule has 0 radical (unpaired) electrons. The van der Waals surface area contributed by atoms with E-state index in [1.165, 1.54) is 12.1 Å². The van der Waals surface area contributed by atoms with E-state index in [0.29, 0.717) is 6.07 Å². The van der Waals surface area contributed by atoms with E-state index in [4.69, 9.17) is 11.6 Å². The van der Waals surface area contributed by atoms with Gasteiger partial charge < -0.3 is 16.0 Å². The third kappa shape index (κ3) is 4.37. The molecule has 3 N–H and O–H groups in total. The zero-order valence-corrected chi connectivity index (χ0v) is 14.1. The molecule has 0 bridgehead atoms. The van der Waals surface area contributed by atoms with E-state index < -0.39 is 40.6 Å². The number of carbonyl (C=O) groups is 2. The van der Waals surface area contributed by atoms with Crippen molar-refractivity contribution in [2.75, 3.05) is 17.2 Å². The average Bonchev–Trinajstić information content (AvgIpc) is 2.59. The number of para-hydroxylation sites is 1. The third-order valence-corrected chi connectivity index (χ3v) is 3.50. The normalized spacial score (nSPS) is 10.2. The molecule has 0 atom stereocenters. The first-order valence-corrected chi connectivity index (χ1v) is 7.67. The number of nitrogens with one attached hydrogen (secondary N) is 3. The van der Waals surface area contributed by atoms with Gasteiger partial charge in [0.15, 0.2) is 5.75 Å². The van der Waals surface area contributed by atoms with Gasteiger partial charge in [0.25, 0.3) is 5.91 Å². The van der Waals surface area contributed by atoms with Crippen LogP contribution in [-0.4, -0.2) is 18.5 Å². The van der Waals surface area contributed by atoms with Crippen LogP contribution in [-0.2, 0) is 0 Å². The SMILES string of the molecule is CCNC(=O)Nc1cc(OF)c(C(=O)Nc2c(F)cccc2Cl)cc1F. The van der Waals surface area contributed by atoms with Crippen molar-refractivity contribution < 1.29 is 27.8 Å². The van der Waals surface area contributed by atoms with Crippen molar-refractivity contribution in [2.45, 2.75) is 6.92 Å². The summed E-state index contributed by atoms with van der Waals surface area (Å²) in [5.41, 5.74) is -1.33. The summed E-state index contributed by atoms with van der Waals surface area (Å²) in [6, 6.07) is 4.39. The number of benzene rings is 2. The van der Waals surface area contributed by atoms with E-state index in [2.05, 4.69) is 20.9 Å². The van der Waals surface area contributed by atoms with Gasteiger partial charge >= 0.3 is 6.03 Å². The standard InChI is InChI=1S/C16H13ClF3N3O3/c1-2-21-16(25)22-12-7-13(26-20)8(6-11(12)19)15(24)23-14-9(17)4-3-5-10(14)18/h3-7H,2H2,1H3,(H,23,24)(H2,21,22,25). The summed E-state index contributed by atoms with van der Waals surface area (Å²) in [5, 5.41) is 6.51. The first kappa shape index (κ1) is 19.4. The molecule has 0 aliphatic heterocycles. The number of hydrogen-bond donors (Lipinski definition) is 3. The minimum absolute atomic E-state index is 0.101. The Morgan fingerprint density at radius 3 is 2.50 bits per heavy atom. The second-order valence-corrected chi connectivity index (χ2v) is 5.35. The second kappa shape index (κ2) is 8.43. The molecule has 138 valence electrons. The lowest BCUT2D eigenvalue weighted by atomic mass is 10.1. The van der Waals surface area contributed by atoms with Crippen LogP contribution < -0.4 is 20.9 Å². The van der Waals surface area contributed by atoms with Crippen LogP contribution in [0.15, 0.2) is 30.3 Å². The fourth-order valence-corrected chi connectivity index (χ4v) is 2.23. The summed E-state index contributed by atoms with van der Waals surface area (Å²) < 4.78 is 40.7. The average molecular weight is 388 g/mol. The molecule has 0 unspecified atom stereocenters. The molecule has 2 rings (SSSR count). The van der Waals surface area contributed by atoms with Crippen molar-refractivity contribution in [1.82, 2.24) is 5.32 Å². The van der Waals surface area contributed by atoms with Crippen LogP contribution in [0.4, 0.5) is 29.5 Å². The highest BCUT2D eigenvalue weighted by Gasteiger charge is 2.21. The molecule has 26 heavy (non-hydrogen) atoms. The zero-order valence-electron chi connectivity index (χ0n) is 13.3. The molecule has 0 aliphatic carbocycles. The molecule has 6 nitrogen and oxygen atoms in total. The molecular weight excluding hydrogens is 375 g/mol. The molecule has 10 heteroatoms. The van der Waals surface area contributed by atoms with E-state index in [-0.39, 0.29) is 17.3 Å². The number of urea groups is 1. The highest BCUT2D eigenvalue weighted by molar-refractivity contribution is 6.34. The molecular formula is C16H13ClF3N3O3. The molecule has 0 saturated carbocycles. The van der Waals surface area contributed by atoms with Crippen molar-refractivity contribution >= 4 is 34.9 Å². The number of amides is 3. The lowest BCUT2D eigenvalue weighted by Gasteiger charge is -2.12. The van der Waals surface area contributed by atoms with Gasteiger partial charge in [0.2, 0.25) is 0 Å². The van der Waals surface area contributed by atoms with Crippen molar-refractivity contribution in [3.05, 3.63) is 52.6 Å². The van der Waals surface area contributed by atoms with Gasteiger partial charge in [-0.15, -0.1) is 0 Å². The Labute approximate surface area is 151 Å². The van der Waals surface area contributed by atoms with Gasteiger partial charge in [-0.05, 0) is 25.1 Å². The highest BCUT2D eigenvalue weighted by Crippen LogP contribution is 2.30. The molecule has 0 spiro atoms. The lowest BCUT2D eigenvalue weighted by molar-refractivity contribution is -0.00702. The zero-order chi connectivity index (χ0) is 19.3. The Kier molecular flexibility index (Phi) is 6.29. The van der Waals surface area contributed by atoms with E-state index in [0.717, 1.165) is 12.1 Å². The summed E-state index contributed by atoms with van der Waals surface area (Å²) in [4.78, 5) is 27.3. The Morgan fingerprint density at radius 1 is 1.15 bits per heavy atom. The summed E-state index contributed by atoms with van der Waals surface area (Å²) in [5.74, 6) is -3.60. The van der Waals surface area contributed by atoms with Crippen LogP contribution in [0.1, 0.15) is 17.3 Å². The first-order chi connectivity index (χ1) is 12.4. The molecule has 0 fully saturated rings. The maximum atomic E-state index is 14.1. The second-order valence-electron chi connectivity index (χ2n) is 4.94. The Morgan fingerprint density at radius 2 is 1.88 bits per heavy atom. The molecule has 0 aromatic heterocycles. The Balaban J connectivity index is 2.32. The van der Waals surface area contributed by atoms with Gasteiger partial charge in [-0.3, -0.25) is 9.74 Å². The smallest absolute Gasteiger partial charge is 0.319 e. The van der Waals surface area contributed by atoms with Crippen molar-refractivity contribution in [2.24, 2.45) is 0 Å². The van der Waals surface area contributed by atoms with Crippen LogP contribution in [0.5, 0.6) is 5.75 Å². The largest absolute Gasteiger partial charge is 0.338 e. The number of carbonyl (C=O) groups excluding carboxylic acids is 2. The van der Waals surface area contributed by atoms with Crippen LogP contribution >= 0.6 is 11.6 Å². The van der Waals surface area contributed by atoms with Crippen LogP contribution in [0, 0.1) is 11.6 Å². The maximum absolute atomic E-state index is 14.1. The fourth-order valence-electron chi connectivity index (χ4n) is 2.02. The fraction of sp³-hybridized carbons (Fsp3) is 0.125. The highest BCUT2D eigenvalue weighted by atomic mass is 35.5. The monoisotopic (exact) mass is 387 g/mol. The predicted octanol–water partition coefficient (Wildman–Crippen LogP) is 4.28. The number of anilines is 2. The molecule has 3 amide bonds. The van der Waals surface area contributed by atoms with Crippen LogP contribution in [0.25, 0.3) is 0 Å². The maximum Gasteiger partial charge on any atom is 0.319 e. The summed E-state index contributed by atoms with van der Waals surface area (Å²) >= 11 is 5.79. The van der Waals surface area contributed by atoms with E-state index in [1.807, 2.05) is 0 Å². The van der Waals surface area contributed by atoms with Gasteiger partial charge in [-0.25, -0.2) is 13.6 Å². The minimum atomic E-state index is -1.06. The molecule has 0 heterocycles. The third-order valence-electron chi connectivity index (χ3n) is 3.18. The number of rotatable bonds is 5. The minimum Gasteiger partial charge on any atom is -0.338 e. The topological polar surface area (TPSA) is 79.5 Å². The van der Waals surface area contributed by atoms with Crippen molar-refractivity contribution in [3.63, 3.8) is 0 Å². The van der Waals surface area contributed by atoms with Gasteiger partial charge in [-0.2, -0.15) is 0 Å². The van der Waals surface area contributed by atoms with Crippen LogP contribution in [0.2, 0.25) is 5.02 Å². The summed E-state index contributed by atoms with van der Waals surface area (Å²) in [6.07, 6.45) is 0. The van der Waals surface area contributed by atoms with E-state index >= 15 is 0 Å². The summed E-state index contributed by atoms with van der Waals surface area (Å²) in [6.45, 7) is 1.93. The molecule has 2 aromatic rings. The molecule has 2 aromatic carbocycles. The first-order valence-electron chi connectivity index (χ1n) is 7.29. The van der Waals surface area contributed by atoms with Gasteiger partial charge in [0.1, 0.15) is 11.6 Å². The summed E-state index contributed by atoms with van der Waals surface area (Å²) in [7, 11) is 0. The number of hydrogen-bond acceptors (Lipinski definition) is 3. The van der Waals surface area contributed by atoms with Crippen molar-refractivity contribution in [1.29, 1.82) is 0 Å². The quantitative estimate of drug-likeness (QED) is 0.716. The van der Waals surface area contributed by atoms with Gasteiger partial charge in [0, 0.05) is 17.1 Å².